The molecule has 3 N–H and O–H groups in total. The lowest BCUT2D eigenvalue weighted by Crippen LogP contribution is -2.91. The predicted molar refractivity (Wildman–Crippen MR) is 77.8 cm³/mol. The van der Waals surface area contributed by atoms with Gasteiger partial charge in [0.2, 0.25) is 0 Å². The first-order valence-corrected chi connectivity index (χ1v) is 6.89. The Labute approximate surface area is 119 Å². The topological polar surface area (TPSA) is 36.8 Å². The summed E-state index contributed by atoms with van der Waals surface area (Å²) in [6.07, 6.45) is 0. The molecule has 106 valence electrons. The number of benzene rings is 2. The zero-order valence-electron chi connectivity index (χ0n) is 11.9. The van der Waals surface area contributed by atoms with Gasteiger partial charge in [-0.15, -0.1) is 0 Å². The van der Waals surface area contributed by atoms with E-state index < -0.39 is 5.60 Å². The first-order chi connectivity index (χ1) is 9.52. The Morgan fingerprint density at radius 2 is 1.55 bits per heavy atom. The Balaban J connectivity index is 2.40. The molecule has 0 aliphatic heterocycles. The molecule has 0 heterocycles. The molecule has 3 heteroatoms. The summed E-state index contributed by atoms with van der Waals surface area (Å²) < 4.78 is 13.1. The Kier molecular flexibility index (Phi) is 4.53. The van der Waals surface area contributed by atoms with Gasteiger partial charge in [-0.05, 0) is 37.1 Å². The van der Waals surface area contributed by atoms with Crippen LogP contribution in [0.3, 0.4) is 0 Å². The maximum atomic E-state index is 13.1. The van der Waals surface area contributed by atoms with Crippen LogP contribution in [-0.2, 0) is 5.60 Å². The highest BCUT2D eigenvalue weighted by Crippen LogP contribution is 2.28. The lowest BCUT2D eigenvalue weighted by Gasteiger charge is -2.28. The van der Waals surface area contributed by atoms with E-state index in [0.29, 0.717) is 18.2 Å². The number of halogens is 1. The van der Waals surface area contributed by atoms with Crippen LogP contribution in [0.2, 0.25) is 0 Å². The van der Waals surface area contributed by atoms with Gasteiger partial charge in [-0.25, -0.2) is 4.39 Å². The lowest BCUT2D eigenvalue weighted by atomic mass is 9.86. The van der Waals surface area contributed by atoms with Gasteiger partial charge in [-0.3, -0.25) is 0 Å². The van der Waals surface area contributed by atoms with Crippen LogP contribution in [0.4, 0.5) is 4.39 Å². The SMILES string of the molecule is CC(C)[NH2+]CC(O)(c1ccccc1)c1ccc(F)cc1. The van der Waals surface area contributed by atoms with Gasteiger partial charge in [0.25, 0.3) is 0 Å². The Morgan fingerprint density at radius 3 is 2.10 bits per heavy atom. The second kappa shape index (κ2) is 6.16. The molecule has 20 heavy (non-hydrogen) atoms. The predicted octanol–water partition coefficient (Wildman–Crippen LogP) is 2.03. The summed E-state index contributed by atoms with van der Waals surface area (Å²) in [5.41, 5.74) is 0.421. The van der Waals surface area contributed by atoms with E-state index >= 15 is 0 Å². The van der Waals surface area contributed by atoms with Crippen LogP contribution in [0, 0.1) is 5.82 Å². The van der Waals surface area contributed by atoms with E-state index in [1.807, 2.05) is 30.3 Å². The standard InChI is InChI=1S/C17H20FNO/c1-13(2)19-12-17(20,14-6-4-3-5-7-14)15-8-10-16(18)11-9-15/h3-11,13,19-20H,12H2,1-2H3/p+1. The molecule has 0 radical (unpaired) electrons. The average Bonchev–Trinajstić information content (AvgIpc) is 2.46. The molecule has 1 unspecified atom stereocenters. The number of hydrogen-bond acceptors (Lipinski definition) is 1. The van der Waals surface area contributed by atoms with Crippen LogP contribution in [0.5, 0.6) is 0 Å². The van der Waals surface area contributed by atoms with Gasteiger partial charge in [0.1, 0.15) is 12.4 Å². The quantitative estimate of drug-likeness (QED) is 0.860. The summed E-state index contributed by atoms with van der Waals surface area (Å²) in [6.45, 7) is 4.66. The van der Waals surface area contributed by atoms with Gasteiger partial charge >= 0.3 is 0 Å². The second-order valence-corrected chi connectivity index (χ2v) is 5.42. The molecule has 0 aromatic heterocycles. The third kappa shape index (κ3) is 3.24. The number of hydrogen-bond donors (Lipinski definition) is 2. The molecule has 2 aromatic carbocycles. The minimum Gasteiger partial charge on any atom is -0.375 e. The van der Waals surface area contributed by atoms with E-state index in [1.165, 1.54) is 12.1 Å². The minimum atomic E-state index is -1.11. The maximum absolute atomic E-state index is 13.1. The summed E-state index contributed by atoms with van der Waals surface area (Å²) in [5, 5.41) is 13.2. The van der Waals surface area contributed by atoms with E-state index in [1.54, 1.807) is 12.1 Å². The maximum Gasteiger partial charge on any atom is 0.163 e. The molecule has 0 aliphatic carbocycles. The molecular formula is C17H21FNO+. The fourth-order valence-electron chi connectivity index (χ4n) is 2.25. The Bertz CT molecular complexity index is 539. The lowest BCUT2D eigenvalue weighted by molar-refractivity contribution is -0.693. The highest BCUT2D eigenvalue weighted by atomic mass is 19.1. The third-order valence-corrected chi connectivity index (χ3v) is 3.46. The molecule has 0 bridgehead atoms. The molecule has 0 amide bonds. The van der Waals surface area contributed by atoms with Crippen molar-refractivity contribution in [3.8, 4) is 0 Å². The molecule has 1 atom stereocenters. The van der Waals surface area contributed by atoms with Crippen LogP contribution >= 0.6 is 0 Å². The molecule has 0 saturated carbocycles. The molecule has 2 nitrogen and oxygen atoms in total. The largest absolute Gasteiger partial charge is 0.375 e. The number of quaternary nitrogens is 1. The highest BCUT2D eigenvalue weighted by Gasteiger charge is 2.33. The first-order valence-electron chi connectivity index (χ1n) is 6.89. The van der Waals surface area contributed by atoms with Crippen molar-refractivity contribution < 1.29 is 14.8 Å². The Morgan fingerprint density at radius 1 is 1.00 bits per heavy atom. The van der Waals surface area contributed by atoms with Crippen molar-refractivity contribution in [1.82, 2.24) is 0 Å². The van der Waals surface area contributed by atoms with Gasteiger partial charge < -0.3 is 10.4 Å². The van der Waals surface area contributed by atoms with E-state index in [9.17, 15) is 9.50 Å². The van der Waals surface area contributed by atoms with Crippen LogP contribution < -0.4 is 5.32 Å². The third-order valence-electron chi connectivity index (χ3n) is 3.46. The van der Waals surface area contributed by atoms with Crippen molar-refractivity contribution in [1.29, 1.82) is 0 Å². The molecule has 2 rings (SSSR count). The van der Waals surface area contributed by atoms with Crippen molar-refractivity contribution in [3.63, 3.8) is 0 Å². The first kappa shape index (κ1) is 14.7. The molecule has 0 saturated heterocycles. The van der Waals surface area contributed by atoms with E-state index in [-0.39, 0.29) is 5.82 Å². The smallest absolute Gasteiger partial charge is 0.163 e. The van der Waals surface area contributed by atoms with Gasteiger partial charge in [0, 0.05) is 0 Å². The molecule has 0 aliphatic rings. The molecule has 0 spiro atoms. The van der Waals surface area contributed by atoms with Crippen LogP contribution in [0.15, 0.2) is 54.6 Å². The van der Waals surface area contributed by atoms with Gasteiger partial charge in [-0.1, -0.05) is 42.5 Å². The summed E-state index contributed by atoms with van der Waals surface area (Å²) in [6, 6.07) is 16.0. The minimum absolute atomic E-state index is 0.294. The van der Waals surface area contributed by atoms with Gasteiger partial charge in [0.05, 0.1) is 6.04 Å². The average molecular weight is 274 g/mol. The number of nitrogens with two attached hydrogens (primary N) is 1. The highest BCUT2D eigenvalue weighted by molar-refractivity contribution is 5.36. The van der Waals surface area contributed by atoms with Crippen LogP contribution in [0.1, 0.15) is 25.0 Å². The normalized spacial score (nSPS) is 14.2. The second-order valence-electron chi connectivity index (χ2n) is 5.42. The number of aliphatic hydroxyl groups is 1. The van der Waals surface area contributed by atoms with E-state index in [0.717, 1.165) is 5.56 Å². The zero-order valence-corrected chi connectivity index (χ0v) is 11.9. The van der Waals surface area contributed by atoms with Crippen molar-refractivity contribution in [3.05, 3.63) is 71.5 Å². The van der Waals surface area contributed by atoms with Crippen LogP contribution in [0.25, 0.3) is 0 Å². The van der Waals surface area contributed by atoms with Crippen molar-refractivity contribution in [2.45, 2.75) is 25.5 Å². The molecule has 0 fully saturated rings. The zero-order chi connectivity index (χ0) is 14.6. The fraction of sp³-hybridized carbons (Fsp3) is 0.294. The van der Waals surface area contributed by atoms with Crippen molar-refractivity contribution in [2.75, 3.05) is 6.54 Å². The van der Waals surface area contributed by atoms with Crippen molar-refractivity contribution >= 4 is 0 Å². The van der Waals surface area contributed by atoms with E-state index in [4.69, 9.17) is 0 Å². The molecular weight excluding hydrogens is 253 g/mol. The molecule has 2 aromatic rings. The summed E-state index contributed by atoms with van der Waals surface area (Å²) in [4.78, 5) is 0. The fourth-order valence-corrected chi connectivity index (χ4v) is 2.25. The summed E-state index contributed by atoms with van der Waals surface area (Å²) in [5.74, 6) is -0.294. The van der Waals surface area contributed by atoms with Gasteiger partial charge in [0.15, 0.2) is 5.60 Å². The van der Waals surface area contributed by atoms with Gasteiger partial charge in [-0.2, -0.15) is 0 Å². The monoisotopic (exact) mass is 274 g/mol. The van der Waals surface area contributed by atoms with Crippen LogP contribution in [-0.4, -0.2) is 17.7 Å². The van der Waals surface area contributed by atoms with E-state index in [2.05, 4.69) is 19.2 Å². The van der Waals surface area contributed by atoms with Crippen molar-refractivity contribution in [2.24, 2.45) is 0 Å². The summed E-state index contributed by atoms with van der Waals surface area (Å²) >= 11 is 0. The number of rotatable bonds is 5. The Hall–Kier alpha value is -1.71. The summed E-state index contributed by atoms with van der Waals surface area (Å²) in [7, 11) is 0.